The molecule has 0 atom stereocenters. The molecular weight excluding hydrogens is 398 g/mol. The van der Waals surface area contributed by atoms with Crippen molar-refractivity contribution in [2.45, 2.75) is 38.8 Å². The molecule has 0 spiro atoms. The zero-order chi connectivity index (χ0) is 21.3. The first-order valence-electron chi connectivity index (χ1n) is 10.7. The van der Waals surface area contributed by atoms with Crippen LogP contribution in [0.25, 0.3) is 0 Å². The number of hydrogen-bond acceptors (Lipinski definition) is 3. The number of hydrogen-bond donors (Lipinski definition) is 1. The van der Waals surface area contributed by atoms with E-state index in [1.54, 1.807) is 0 Å². The van der Waals surface area contributed by atoms with Crippen LogP contribution in [-0.2, 0) is 11.3 Å². The van der Waals surface area contributed by atoms with Crippen molar-refractivity contribution in [3.8, 4) is 0 Å². The second-order valence-corrected chi connectivity index (χ2v) is 8.20. The molecule has 2 amide bonds. The van der Waals surface area contributed by atoms with Crippen molar-refractivity contribution >= 4 is 23.4 Å². The van der Waals surface area contributed by atoms with Crippen molar-refractivity contribution in [2.75, 3.05) is 26.2 Å². The molecule has 0 aromatic heterocycles. The zero-order valence-corrected chi connectivity index (χ0v) is 18.3. The number of nitrogens with one attached hydrogen (secondary N) is 1. The summed E-state index contributed by atoms with van der Waals surface area (Å²) in [6, 6.07) is 17.3. The minimum atomic E-state index is 0.0196. The number of likely N-dealkylation sites (tertiary alicyclic amines) is 1. The van der Waals surface area contributed by atoms with Gasteiger partial charge < -0.3 is 10.2 Å². The lowest BCUT2D eigenvalue weighted by Gasteiger charge is -2.38. The molecular formula is C24H30ClN3O2. The van der Waals surface area contributed by atoms with Gasteiger partial charge in [-0.3, -0.25) is 14.5 Å². The molecule has 1 aliphatic heterocycles. The van der Waals surface area contributed by atoms with E-state index in [0.29, 0.717) is 24.2 Å². The average Bonchev–Trinajstić information content (AvgIpc) is 2.78. The molecule has 0 radical (unpaired) electrons. The van der Waals surface area contributed by atoms with Crippen LogP contribution < -0.4 is 5.32 Å². The lowest BCUT2D eigenvalue weighted by atomic mass is 10.0. The molecule has 5 nitrogen and oxygen atoms in total. The zero-order valence-electron chi connectivity index (χ0n) is 17.5. The van der Waals surface area contributed by atoms with Crippen LogP contribution in [0, 0.1) is 0 Å². The summed E-state index contributed by atoms with van der Waals surface area (Å²) in [5.74, 6) is 0.113. The minimum Gasteiger partial charge on any atom is -0.351 e. The van der Waals surface area contributed by atoms with E-state index in [4.69, 9.17) is 11.6 Å². The molecule has 30 heavy (non-hydrogen) atoms. The van der Waals surface area contributed by atoms with Gasteiger partial charge in [0, 0.05) is 36.3 Å². The number of piperidine rings is 1. The van der Waals surface area contributed by atoms with Crippen molar-refractivity contribution in [3.63, 3.8) is 0 Å². The Labute approximate surface area is 184 Å². The van der Waals surface area contributed by atoms with Gasteiger partial charge in [-0.25, -0.2) is 0 Å². The van der Waals surface area contributed by atoms with Gasteiger partial charge in [-0.1, -0.05) is 48.9 Å². The van der Waals surface area contributed by atoms with Crippen molar-refractivity contribution in [3.05, 3.63) is 70.7 Å². The monoisotopic (exact) mass is 427 g/mol. The predicted octanol–water partition coefficient (Wildman–Crippen LogP) is 3.97. The number of rotatable bonds is 8. The molecule has 0 saturated carbocycles. The smallest absolute Gasteiger partial charge is 0.253 e. The van der Waals surface area contributed by atoms with Crippen molar-refractivity contribution < 1.29 is 9.59 Å². The largest absolute Gasteiger partial charge is 0.351 e. The molecule has 1 saturated heterocycles. The van der Waals surface area contributed by atoms with Crippen LogP contribution >= 0.6 is 11.6 Å². The fourth-order valence-electron chi connectivity index (χ4n) is 3.96. The maximum absolute atomic E-state index is 12.7. The van der Waals surface area contributed by atoms with Crippen LogP contribution in [0.1, 0.15) is 42.1 Å². The molecule has 2 aromatic rings. The Morgan fingerprint density at radius 3 is 2.50 bits per heavy atom. The SMILES string of the molecule is CCCN(CC(=O)NCc1cccc(Cl)c1)C1CCN(C(=O)c2ccccc2)CC1. The normalized spacial score (nSPS) is 14.7. The van der Waals surface area contributed by atoms with Crippen molar-refractivity contribution in [1.82, 2.24) is 15.1 Å². The average molecular weight is 428 g/mol. The summed E-state index contributed by atoms with van der Waals surface area (Å²) in [6.45, 7) is 5.31. The highest BCUT2D eigenvalue weighted by atomic mass is 35.5. The number of nitrogens with zero attached hydrogens (tertiary/aromatic N) is 2. The fraction of sp³-hybridized carbons (Fsp3) is 0.417. The standard InChI is InChI=1S/C24H30ClN3O2/c1-2-13-28(18-23(29)26-17-19-7-6-10-21(25)16-19)22-11-14-27(15-12-22)24(30)20-8-4-3-5-9-20/h3-10,16,22H,2,11-15,17-18H2,1H3,(H,26,29). The molecule has 1 heterocycles. The highest BCUT2D eigenvalue weighted by Gasteiger charge is 2.28. The maximum atomic E-state index is 12.7. The van der Waals surface area contributed by atoms with Gasteiger partial charge in [0.15, 0.2) is 0 Å². The minimum absolute atomic E-state index is 0.0196. The van der Waals surface area contributed by atoms with E-state index in [2.05, 4.69) is 17.1 Å². The lowest BCUT2D eigenvalue weighted by Crippen LogP contribution is -2.49. The summed E-state index contributed by atoms with van der Waals surface area (Å²) < 4.78 is 0. The van der Waals surface area contributed by atoms with Crippen LogP contribution in [0.5, 0.6) is 0 Å². The van der Waals surface area contributed by atoms with E-state index in [9.17, 15) is 9.59 Å². The molecule has 1 N–H and O–H groups in total. The van der Waals surface area contributed by atoms with Gasteiger partial charge >= 0.3 is 0 Å². The number of halogens is 1. The van der Waals surface area contributed by atoms with Gasteiger partial charge in [0.25, 0.3) is 5.91 Å². The predicted molar refractivity (Wildman–Crippen MR) is 121 cm³/mol. The molecule has 160 valence electrons. The van der Waals surface area contributed by atoms with Crippen LogP contribution in [0.4, 0.5) is 0 Å². The molecule has 6 heteroatoms. The van der Waals surface area contributed by atoms with Gasteiger partial charge in [-0.15, -0.1) is 0 Å². The van der Waals surface area contributed by atoms with E-state index in [-0.39, 0.29) is 11.8 Å². The lowest BCUT2D eigenvalue weighted by molar-refractivity contribution is -0.123. The van der Waals surface area contributed by atoms with Crippen LogP contribution in [-0.4, -0.2) is 53.8 Å². The van der Waals surface area contributed by atoms with E-state index < -0.39 is 0 Å². The number of carbonyl (C=O) groups excluding carboxylic acids is 2. The quantitative estimate of drug-likeness (QED) is 0.693. The molecule has 0 unspecified atom stereocenters. The van der Waals surface area contributed by atoms with E-state index in [0.717, 1.165) is 50.0 Å². The molecule has 3 rings (SSSR count). The summed E-state index contributed by atoms with van der Waals surface area (Å²) in [5.41, 5.74) is 1.73. The van der Waals surface area contributed by atoms with E-state index in [1.807, 2.05) is 59.5 Å². The summed E-state index contributed by atoms with van der Waals surface area (Å²) in [7, 11) is 0. The Hall–Kier alpha value is -2.37. The summed E-state index contributed by atoms with van der Waals surface area (Å²) >= 11 is 6.01. The highest BCUT2D eigenvalue weighted by molar-refractivity contribution is 6.30. The summed E-state index contributed by atoms with van der Waals surface area (Å²) in [4.78, 5) is 29.4. The molecule has 1 aliphatic rings. The number of carbonyl (C=O) groups is 2. The fourth-order valence-corrected chi connectivity index (χ4v) is 4.18. The van der Waals surface area contributed by atoms with Crippen molar-refractivity contribution in [1.29, 1.82) is 0 Å². The van der Waals surface area contributed by atoms with Crippen LogP contribution in [0.2, 0.25) is 5.02 Å². The third kappa shape index (κ3) is 6.31. The summed E-state index contributed by atoms with van der Waals surface area (Å²) in [5, 5.41) is 3.67. The number of benzene rings is 2. The van der Waals surface area contributed by atoms with E-state index >= 15 is 0 Å². The van der Waals surface area contributed by atoms with Gasteiger partial charge in [-0.2, -0.15) is 0 Å². The first-order chi connectivity index (χ1) is 14.6. The maximum Gasteiger partial charge on any atom is 0.253 e. The topological polar surface area (TPSA) is 52.7 Å². The van der Waals surface area contributed by atoms with Crippen molar-refractivity contribution in [2.24, 2.45) is 0 Å². The third-order valence-corrected chi connectivity index (χ3v) is 5.76. The Morgan fingerprint density at radius 2 is 1.83 bits per heavy atom. The van der Waals surface area contributed by atoms with Gasteiger partial charge in [0.1, 0.15) is 0 Å². The Kier molecular flexibility index (Phi) is 8.29. The molecule has 1 fully saturated rings. The second-order valence-electron chi connectivity index (χ2n) is 7.77. The van der Waals surface area contributed by atoms with E-state index in [1.165, 1.54) is 0 Å². The van der Waals surface area contributed by atoms with Gasteiger partial charge in [0.2, 0.25) is 5.91 Å². The third-order valence-electron chi connectivity index (χ3n) is 5.53. The van der Waals surface area contributed by atoms with Gasteiger partial charge in [0.05, 0.1) is 6.54 Å². The first kappa shape index (κ1) is 22.3. The first-order valence-corrected chi connectivity index (χ1v) is 11.0. The second kappa shape index (κ2) is 11.1. The van der Waals surface area contributed by atoms with Crippen LogP contribution in [0.15, 0.2) is 54.6 Å². The van der Waals surface area contributed by atoms with Gasteiger partial charge in [-0.05, 0) is 55.6 Å². The Balaban J connectivity index is 1.50. The Bertz CT molecular complexity index is 835. The molecule has 0 aliphatic carbocycles. The Morgan fingerprint density at radius 1 is 1.10 bits per heavy atom. The number of amides is 2. The van der Waals surface area contributed by atoms with Crippen LogP contribution in [0.3, 0.4) is 0 Å². The summed E-state index contributed by atoms with van der Waals surface area (Å²) in [6.07, 6.45) is 2.77. The molecule has 0 bridgehead atoms. The highest BCUT2D eigenvalue weighted by Crippen LogP contribution is 2.19. The molecule has 2 aromatic carbocycles.